The first kappa shape index (κ1) is 11.7. The molecule has 2 amide bonds. The van der Waals surface area contributed by atoms with E-state index >= 15 is 0 Å². The molecule has 4 heteroatoms. The number of rotatable bonds is 0. The molecule has 0 aromatic carbocycles. The van der Waals surface area contributed by atoms with Crippen LogP contribution < -0.4 is 10.6 Å². The van der Waals surface area contributed by atoms with Crippen molar-refractivity contribution in [3.63, 3.8) is 0 Å². The maximum atomic E-state index is 12.2. The lowest BCUT2D eigenvalue weighted by Crippen LogP contribution is -2.53. The van der Waals surface area contributed by atoms with E-state index in [0.717, 1.165) is 19.5 Å². The van der Waals surface area contributed by atoms with Crippen molar-refractivity contribution in [1.29, 1.82) is 0 Å². The Hall–Kier alpha value is -0.770. The third kappa shape index (κ3) is 2.17. The Kier molecular flexibility index (Phi) is 2.86. The van der Waals surface area contributed by atoms with E-state index in [4.69, 9.17) is 0 Å². The lowest BCUT2D eigenvalue weighted by molar-refractivity contribution is 0.168. The van der Waals surface area contributed by atoms with Gasteiger partial charge in [-0.05, 0) is 40.0 Å². The van der Waals surface area contributed by atoms with Gasteiger partial charge >= 0.3 is 6.03 Å². The summed E-state index contributed by atoms with van der Waals surface area (Å²) in [5.41, 5.74) is -0.152. The van der Waals surface area contributed by atoms with Crippen molar-refractivity contribution in [2.45, 2.75) is 51.7 Å². The Morgan fingerprint density at radius 3 is 2.69 bits per heavy atom. The Bertz CT molecular complexity index is 284. The number of urea groups is 1. The predicted octanol–water partition coefficient (Wildman–Crippen LogP) is 1.18. The van der Waals surface area contributed by atoms with Crippen molar-refractivity contribution in [2.75, 3.05) is 13.1 Å². The summed E-state index contributed by atoms with van der Waals surface area (Å²) in [6.45, 7) is 10.2. The fourth-order valence-corrected chi connectivity index (χ4v) is 2.90. The van der Waals surface area contributed by atoms with Crippen LogP contribution in [0.1, 0.15) is 34.1 Å². The van der Waals surface area contributed by atoms with Gasteiger partial charge < -0.3 is 15.5 Å². The number of nitrogens with zero attached hydrogens (tertiary/aromatic N) is 1. The zero-order chi connectivity index (χ0) is 11.9. The van der Waals surface area contributed by atoms with E-state index in [-0.39, 0.29) is 11.6 Å². The fraction of sp³-hybridized carbons (Fsp3) is 0.917. The van der Waals surface area contributed by atoms with Gasteiger partial charge in [0.25, 0.3) is 0 Å². The number of hydrogen-bond acceptors (Lipinski definition) is 2. The Balaban J connectivity index is 2.05. The average Bonchev–Trinajstić information content (AvgIpc) is 2.58. The summed E-state index contributed by atoms with van der Waals surface area (Å²) in [5.74, 6) is 0.653. The molecule has 3 unspecified atom stereocenters. The standard InChI is InChI=1S/C12H23N3O/c1-8-5-9-6-13-7-10(9)15(8)11(16)14-12(2,3)4/h8-10,13H,5-7H2,1-4H3,(H,14,16). The second-order valence-corrected chi connectivity index (χ2v) is 6.16. The first-order chi connectivity index (χ1) is 7.38. The summed E-state index contributed by atoms with van der Waals surface area (Å²) < 4.78 is 0. The van der Waals surface area contributed by atoms with Gasteiger partial charge in [-0.3, -0.25) is 0 Å². The quantitative estimate of drug-likeness (QED) is 0.650. The van der Waals surface area contributed by atoms with Crippen LogP contribution in [0.15, 0.2) is 0 Å². The molecule has 0 bridgehead atoms. The molecule has 16 heavy (non-hydrogen) atoms. The number of carbonyl (C=O) groups is 1. The van der Waals surface area contributed by atoms with Crippen molar-refractivity contribution in [3.05, 3.63) is 0 Å². The zero-order valence-electron chi connectivity index (χ0n) is 10.7. The molecular formula is C12H23N3O. The number of nitrogens with one attached hydrogen (secondary N) is 2. The molecule has 2 aliphatic rings. The highest BCUT2D eigenvalue weighted by atomic mass is 16.2. The first-order valence-electron chi connectivity index (χ1n) is 6.19. The Morgan fingerprint density at radius 1 is 1.38 bits per heavy atom. The highest BCUT2D eigenvalue weighted by molar-refractivity contribution is 5.76. The third-order valence-electron chi connectivity index (χ3n) is 3.50. The first-order valence-corrected chi connectivity index (χ1v) is 6.19. The van der Waals surface area contributed by atoms with Crippen molar-refractivity contribution in [2.24, 2.45) is 5.92 Å². The molecule has 2 fully saturated rings. The van der Waals surface area contributed by atoms with Gasteiger partial charge in [0, 0.05) is 24.7 Å². The lowest BCUT2D eigenvalue weighted by Gasteiger charge is -2.31. The highest BCUT2D eigenvalue weighted by Gasteiger charge is 2.44. The summed E-state index contributed by atoms with van der Waals surface area (Å²) in [7, 11) is 0. The monoisotopic (exact) mass is 225 g/mol. The van der Waals surface area contributed by atoms with Gasteiger partial charge in [-0.15, -0.1) is 0 Å². The van der Waals surface area contributed by atoms with Crippen molar-refractivity contribution in [1.82, 2.24) is 15.5 Å². The highest BCUT2D eigenvalue weighted by Crippen LogP contribution is 2.32. The predicted molar refractivity (Wildman–Crippen MR) is 64.4 cm³/mol. The molecule has 2 N–H and O–H groups in total. The lowest BCUT2D eigenvalue weighted by atomic mass is 10.0. The molecule has 0 saturated carbocycles. The summed E-state index contributed by atoms with van der Waals surface area (Å²) in [4.78, 5) is 14.2. The van der Waals surface area contributed by atoms with Crippen molar-refractivity contribution < 1.29 is 4.79 Å². The molecule has 0 aromatic rings. The summed E-state index contributed by atoms with van der Waals surface area (Å²) >= 11 is 0. The van der Waals surface area contributed by atoms with E-state index in [1.165, 1.54) is 0 Å². The van der Waals surface area contributed by atoms with Gasteiger partial charge in [-0.25, -0.2) is 4.79 Å². The SMILES string of the molecule is CC1CC2CNCC2N1C(=O)NC(C)(C)C. The number of amides is 2. The minimum absolute atomic E-state index is 0.0937. The molecule has 0 aromatic heterocycles. The van der Waals surface area contributed by atoms with Crippen molar-refractivity contribution in [3.8, 4) is 0 Å². The molecule has 0 spiro atoms. The van der Waals surface area contributed by atoms with E-state index < -0.39 is 0 Å². The normalized spacial score (nSPS) is 34.0. The molecule has 2 heterocycles. The summed E-state index contributed by atoms with van der Waals surface area (Å²) in [6, 6.07) is 0.869. The maximum absolute atomic E-state index is 12.2. The van der Waals surface area contributed by atoms with Crippen LogP contribution >= 0.6 is 0 Å². The van der Waals surface area contributed by atoms with Crippen LogP contribution in [0.3, 0.4) is 0 Å². The van der Waals surface area contributed by atoms with Gasteiger partial charge in [0.05, 0.1) is 6.04 Å². The molecule has 92 valence electrons. The minimum Gasteiger partial charge on any atom is -0.333 e. The van der Waals surface area contributed by atoms with Crippen LogP contribution in [0.5, 0.6) is 0 Å². The summed E-state index contributed by atoms with van der Waals surface area (Å²) in [5, 5.41) is 6.43. The van der Waals surface area contributed by atoms with Crippen LogP contribution in [0.2, 0.25) is 0 Å². The van der Waals surface area contributed by atoms with E-state index in [1.54, 1.807) is 0 Å². The van der Waals surface area contributed by atoms with E-state index in [1.807, 2.05) is 25.7 Å². The molecule has 2 rings (SSSR count). The van der Waals surface area contributed by atoms with E-state index in [2.05, 4.69) is 17.6 Å². The van der Waals surface area contributed by atoms with Crippen molar-refractivity contribution >= 4 is 6.03 Å². The van der Waals surface area contributed by atoms with E-state index in [9.17, 15) is 4.79 Å². The van der Waals surface area contributed by atoms with Crippen LogP contribution in [0.4, 0.5) is 4.79 Å². The topological polar surface area (TPSA) is 44.4 Å². The smallest absolute Gasteiger partial charge is 0.318 e. The van der Waals surface area contributed by atoms with Gasteiger partial charge in [0.2, 0.25) is 0 Å². The minimum atomic E-state index is -0.152. The number of likely N-dealkylation sites (tertiary alicyclic amines) is 1. The second-order valence-electron chi connectivity index (χ2n) is 6.16. The number of fused-ring (bicyclic) bond motifs is 1. The summed E-state index contributed by atoms with van der Waals surface area (Å²) in [6.07, 6.45) is 1.13. The largest absolute Gasteiger partial charge is 0.333 e. The van der Waals surface area contributed by atoms with E-state index in [0.29, 0.717) is 18.0 Å². The van der Waals surface area contributed by atoms with Gasteiger partial charge in [0.1, 0.15) is 0 Å². The zero-order valence-corrected chi connectivity index (χ0v) is 10.7. The molecular weight excluding hydrogens is 202 g/mol. The molecule has 2 saturated heterocycles. The fourth-order valence-electron chi connectivity index (χ4n) is 2.90. The molecule has 0 radical (unpaired) electrons. The molecule has 3 atom stereocenters. The van der Waals surface area contributed by atoms with Crippen LogP contribution in [-0.2, 0) is 0 Å². The number of carbonyl (C=O) groups excluding carboxylic acids is 1. The third-order valence-corrected chi connectivity index (χ3v) is 3.50. The van der Waals surface area contributed by atoms with Gasteiger partial charge in [0.15, 0.2) is 0 Å². The van der Waals surface area contributed by atoms with Gasteiger partial charge in [-0.2, -0.15) is 0 Å². The average molecular weight is 225 g/mol. The Morgan fingerprint density at radius 2 is 2.06 bits per heavy atom. The van der Waals surface area contributed by atoms with Crippen LogP contribution in [0.25, 0.3) is 0 Å². The molecule has 2 aliphatic heterocycles. The Labute approximate surface area is 97.8 Å². The molecule has 4 nitrogen and oxygen atoms in total. The number of hydrogen-bond donors (Lipinski definition) is 2. The van der Waals surface area contributed by atoms with Crippen LogP contribution in [0, 0.1) is 5.92 Å². The maximum Gasteiger partial charge on any atom is 0.318 e. The van der Waals surface area contributed by atoms with Crippen LogP contribution in [-0.4, -0.2) is 41.6 Å². The second kappa shape index (κ2) is 3.91. The molecule has 0 aliphatic carbocycles. The van der Waals surface area contributed by atoms with Gasteiger partial charge in [-0.1, -0.05) is 0 Å².